The van der Waals surface area contributed by atoms with Gasteiger partial charge in [-0.1, -0.05) is 23.7 Å². The molecule has 0 saturated carbocycles. The second-order valence-corrected chi connectivity index (χ2v) is 2.98. The maximum absolute atomic E-state index is 13.1. The Balaban J connectivity index is 2.69. The van der Waals surface area contributed by atoms with Gasteiger partial charge in [0.25, 0.3) is 0 Å². The van der Waals surface area contributed by atoms with Crippen molar-refractivity contribution in [3.8, 4) is 0 Å². The highest BCUT2D eigenvalue weighted by Gasteiger charge is 1.99. The van der Waals surface area contributed by atoms with Crippen molar-refractivity contribution >= 4 is 17.3 Å². The van der Waals surface area contributed by atoms with E-state index in [1.807, 2.05) is 6.92 Å². The number of hydrogen-bond acceptors (Lipinski definition) is 1. The van der Waals surface area contributed by atoms with Gasteiger partial charge < -0.3 is 5.32 Å². The monoisotopic (exact) mass is 199 g/mol. The molecule has 1 N–H and O–H groups in total. The van der Waals surface area contributed by atoms with Crippen LogP contribution in [0, 0.1) is 12.7 Å². The van der Waals surface area contributed by atoms with Crippen molar-refractivity contribution in [2.24, 2.45) is 0 Å². The summed E-state index contributed by atoms with van der Waals surface area (Å²) in [5.41, 5.74) is 2.94. The van der Waals surface area contributed by atoms with Crippen LogP contribution in [0.1, 0.15) is 5.56 Å². The largest absolute Gasteiger partial charge is 0.379 e. The van der Waals surface area contributed by atoms with Crippen molar-refractivity contribution in [3.05, 3.63) is 41.2 Å². The number of benzene rings is 1. The van der Waals surface area contributed by atoms with Crippen LogP contribution >= 0.6 is 11.6 Å². The van der Waals surface area contributed by atoms with Gasteiger partial charge in [-0.15, -0.1) is 0 Å². The maximum atomic E-state index is 13.1. The normalized spacial score (nSPS) is 10.7. The molecule has 0 heterocycles. The molecular weight excluding hydrogens is 189 g/mol. The Hall–Kier alpha value is -1.02. The predicted octanol–water partition coefficient (Wildman–Crippen LogP) is 3.30. The van der Waals surface area contributed by atoms with E-state index in [-0.39, 0.29) is 5.82 Å². The van der Waals surface area contributed by atoms with Gasteiger partial charge in [-0.25, -0.2) is 4.39 Å². The van der Waals surface area contributed by atoms with E-state index in [0.29, 0.717) is 12.2 Å². The van der Waals surface area contributed by atoms with Crippen LogP contribution in [0.3, 0.4) is 0 Å². The molecule has 0 amide bonds. The average molecular weight is 200 g/mol. The van der Waals surface area contributed by atoms with Crippen LogP contribution in [0.4, 0.5) is 10.1 Å². The highest BCUT2D eigenvalue weighted by molar-refractivity contribution is 6.25. The third kappa shape index (κ3) is 3.07. The van der Waals surface area contributed by atoms with Crippen molar-refractivity contribution in [1.29, 1.82) is 0 Å². The van der Waals surface area contributed by atoms with Gasteiger partial charge in [-0.05, 0) is 24.6 Å². The van der Waals surface area contributed by atoms with E-state index in [1.165, 1.54) is 11.6 Å². The summed E-state index contributed by atoms with van der Waals surface area (Å²) in [5, 5.41) is 2.91. The summed E-state index contributed by atoms with van der Waals surface area (Å²) in [7, 11) is 0. The molecule has 3 heteroatoms. The Morgan fingerprint density at radius 2 is 2.31 bits per heavy atom. The highest BCUT2D eigenvalue weighted by Crippen LogP contribution is 2.14. The molecule has 1 aromatic rings. The molecule has 0 bridgehead atoms. The van der Waals surface area contributed by atoms with Gasteiger partial charge in [0.2, 0.25) is 0 Å². The summed E-state index contributed by atoms with van der Waals surface area (Å²) in [6.45, 7) is 2.45. The molecule has 0 aromatic heterocycles. The van der Waals surface area contributed by atoms with E-state index >= 15 is 0 Å². The van der Waals surface area contributed by atoms with Crippen LogP contribution in [-0.4, -0.2) is 6.54 Å². The molecule has 0 unspecified atom stereocenters. The standard InChI is InChI=1S/C10H11ClFN/c1-8-3-4-9(12)10(7-8)13-6-2-5-11/h2-5,7,13H,6H2,1H3/b5-2+. The van der Waals surface area contributed by atoms with Gasteiger partial charge in [0.05, 0.1) is 5.69 Å². The smallest absolute Gasteiger partial charge is 0.146 e. The summed E-state index contributed by atoms with van der Waals surface area (Å²) in [6, 6.07) is 4.94. The molecule has 0 aliphatic heterocycles. The van der Waals surface area contributed by atoms with Crippen molar-refractivity contribution in [1.82, 2.24) is 0 Å². The second kappa shape index (κ2) is 4.87. The van der Waals surface area contributed by atoms with Gasteiger partial charge in [0, 0.05) is 12.1 Å². The van der Waals surface area contributed by atoms with Gasteiger partial charge in [0.15, 0.2) is 0 Å². The number of nitrogens with one attached hydrogen (secondary N) is 1. The van der Waals surface area contributed by atoms with Gasteiger partial charge in [-0.3, -0.25) is 0 Å². The molecule has 13 heavy (non-hydrogen) atoms. The van der Waals surface area contributed by atoms with Crippen LogP contribution in [0.2, 0.25) is 0 Å². The average Bonchev–Trinajstić information content (AvgIpc) is 2.11. The lowest BCUT2D eigenvalue weighted by Crippen LogP contribution is -2.00. The first-order chi connectivity index (χ1) is 6.24. The molecule has 0 radical (unpaired) electrons. The SMILES string of the molecule is Cc1ccc(F)c(NC/C=C/Cl)c1. The van der Waals surface area contributed by atoms with Gasteiger partial charge >= 0.3 is 0 Å². The van der Waals surface area contributed by atoms with E-state index in [9.17, 15) is 4.39 Å². The molecule has 0 atom stereocenters. The van der Waals surface area contributed by atoms with Crippen molar-refractivity contribution in [3.63, 3.8) is 0 Å². The van der Waals surface area contributed by atoms with E-state index in [2.05, 4.69) is 5.32 Å². The molecule has 1 nitrogen and oxygen atoms in total. The van der Waals surface area contributed by atoms with Crippen LogP contribution in [0.15, 0.2) is 29.8 Å². The highest BCUT2D eigenvalue weighted by atomic mass is 35.5. The fraction of sp³-hybridized carbons (Fsp3) is 0.200. The Morgan fingerprint density at radius 3 is 3.00 bits per heavy atom. The molecule has 0 aliphatic rings. The minimum atomic E-state index is -0.242. The summed E-state index contributed by atoms with van der Waals surface area (Å²) in [5.74, 6) is -0.242. The Labute approximate surface area is 82.2 Å². The summed E-state index contributed by atoms with van der Waals surface area (Å²) < 4.78 is 13.1. The van der Waals surface area contributed by atoms with E-state index in [4.69, 9.17) is 11.6 Å². The van der Waals surface area contributed by atoms with Gasteiger partial charge in [-0.2, -0.15) is 0 Å². The van der Waals surface area contributed by atoms with Crippen LogP contribution < -0.4 is 5.32 Å². The van der Waals surface area contributed by atoms with Crippen molar-refractivity contribution in [2.75, 3.05) is 11.9 Å². The zero-order chi connectivity index (χ0) is 9.68. The molecule has 0 spiro atoms. The number of hydrogen-bond donors (Lipinski definition) is 1. The summed E-state index contributed by atoms with van der Waals surface area (Å²) in [6.07, 6.45) is 1.71. The summed E-state index contributed by atoms with van der Waals surface area (Å²) >= 11 is 5.32. The lowest BCUT2D eigenvalue weighted by molar-refractivity contribution is 0.630. The zero-order valence-electron chi connectivity index (χ0n) is 7.35. The quantitative estimate of drug-likeness (QED) is 0.788. The predicted molar refractivity (Wildman–Crippen MR) is 54.6 cm³/mol. The zero-order valence-corrected chi connectivity index (χ0v) is 8.11. The molecule has 0 aliphatic carbocycles. The Bertz CT molecular complexity index is 310. The fourth-order valence-electron chi connectivity index (χ4n) is 0.988. The lowest BCUT2D eigenvalue weighted by atomic mass is 10.2. The minimum Gasteiger partial charge on any atom is -0.379 e. The van der Waals surface area contributed by atoms with Crippen molar-refractivity contribution in [2.45, 2.75) is 6.92 Å². The topological polar surface area (TPSA) is 12.0 Å². The van der Waals surface area contributed by atoms with Gasteiger partial charge in [0.1, 0.15) is 5.82 Å². The van der Waals surface area contributed by atoms with Crippen LogP contribution in [-0.2, 0) is 0 Å². The first-order valence-corrected chi connectivity index (χ1v) is 4.43. The van der Waals surface area contributed by atoms with E-state index in [1.54, 1.807) is 18.2 Å². The maximum Gasteiger partial charge on any atom is 0.146 e. The van der Waals surface area contributed by atoms with E-state index in [0.717, 1.165) is 5.56 Å². The molecular formula is C10H11ClFN. The first kappa shape index (κ1) is 10.1. The molecule has 1 rings (SSSR count). The summed E-state index contributed by atoms with van der Waals surface area (Å²) in [4.78, 5) is 0. The Morgan fingerprint density at radius 1 is 1.54 bits per heavy atom. The second-order valence-electron chi connectivity index (χ2n) is 2.73. The number of rotatable bonds is 3. The molecule has 0 fully saturated rings. The molecule has 0 saturated heterocycles. The first-order valence-electron chi connectivity index (χ1n) is 3.99. The van der Waals surface area contributed by atoms with Crippen molar-refractivity contribution < 1.29 is 4.39 Å². The third-order valence-electron chi connectivity index (χ3n) is 1.62. The lowest BCUT2D eigenvalue weighted by Gasteiger charge is -2.05. The molecule has 70 valence electrons. The fourth-order valence-corrected chi connectivity index (χ4v) is 1.08. The number of aryl methyl sites for hydroxylation is 1. The number of anilines is 1. The minimum absolute atomic E-state index is 0.242. The third-order valence-corrected chi connectivity index (χ3v) is 1.80. The van der Waals surface area contributed by atoms with Crippen LogP contribution in [0.5, 0.6) is 0 Å². The Kier molecular flexibility index (Phi) is 3.77. The molecule has 1 aromatic carbocycles. The van der Waals surface area contributed by atoms with E-state index < -0.39 is 0 Å². The van der Waals surface area contributed by atoms with Crippen LogP contribution in [0.25, 0.3) is 0 Å². The number of halogens is 2.